The predicted molar refractivity (Wildman–Crippen MR) is 114 cm³/mol. The van der Waals surface area contributed by atoms with E-state index in [0.717, 1.165) is 38.9 Å². The summed E-state index contributed by atoms with van der Waals surface area (Å²) >= 11 is 2.16. The second-order valence-corrected chi connectivity index (χ2v) is 7.71. The summed E-state index contributed by atoms with van der Waals surface area (Å²) in [5.74, 6) is -0.131. The molecule has 0 aliphatic rings. The number of ether oxygens (including phenoxy) is 1. The van der Waals surface area contributed by atoms with Crippen molar-refractivity contribution >= 4 is 45.8 Å². The fraction of sp³-hybridized carbons (Fsp3) is 0.0455. The Labute approximate surface area is 172 Å². The van der Waals surface area contributed by atoms with Crippen LogP contribution in [0.1, 0.15) is 12.5 Å². The lowest BCUT2D eigenvalue weighted by atomic mass is 10.2. The molecule has 0 fully saturated rings. The number of carbonyl (C=O) groups excluding carboxylic acids is 3. The molecular formula is C22H18O4S2. The van der Waals surface area contributed by atoms with Crippen LogP contribution in [0.25, 0.3) is 6.08 Å². The molecule has 0 saturated carbocycles. The second kappa shape index (κ2) is 10.5. The van der Waals surface area contributed by atoms with Gasteiger partial charge in [0.2, 0.25) is 10.2 Å². The molecule has 0 aromatic heterocycles. The highest BCUT2D eigenvalue weighted by Gasteiger charge is 2.06. The van der Waals surface area contributed by atoms with Crippen LogP contribution in [0.2, 0.25) is 0 Å². The number of esters is 1. The van der Waals surface area contributed by atoms with Crippen molar-refractivity contribution in [3.05, 3.63) is 85.0 Å². The molecule has 0 amide bonds. The molecule has 0 atom stereocenters. The maximum atomic E-state index is 11.9. The molecule has 0 aliphatic carbocycles. The van der Waals surface area contributed by atoms with Crippen LogP contribution in [0, 0.1) is 0 Å². The third-order valence-corrected chi connectivity index (χ3v) is 5.20. The first-order valence-corrected chi connectivity index (χ1v) is 9.82. The first kappa shape index (κ1) is 21.5. The second-order valence-electron chi connectivity index (χ2n) is 5.59. The van der Waals surface area contributed by atoms with Gasteiger partial charge >= 0.3 is 5.97 Å². The average Bonchev–Trinajstić information content (AvgIpc) is 2.68. The summed E-state index contributed by atoms with van der Waals surface area (Å²) in [6.07, 6.45) is 4.20. The summed E-state index contributed by atoms with van der Waals surface area (Å²) in [7, 11) is 0. The molecule has 2 aromatic carbocycles. The van der Waals surface area contributed by atoms with E-state index in [1.807, 2.05) is 0 Å². The largest absolute Gasteiger partial charge is 0.423 e. The van der Waals surface area contributed by atoms with E-state index in [1.165, 1.54) is 12.2 Å². The lowest BCUT2D eigenvalue weighted by Gasteiger charge is -2.03. The Morgan fingerprint density at radius 2 is 1.50 bits per heavy atom. The van der Waals surface area contributed by atoms with Crippen LogP contribution in [-0.4, -0.2) is 16.2 Å². The van der Waals surface area contributed by atoms with Crippen molar-refractivity contribution in [3.8, 4) is 5.75 Å². The van der Waals surface area contributed by atoms with Crippen LogP contribution in [0.5, 0.6) is 5.75 Å². The Kier molecular flexibility index (Phi) is 8.04. The molecule has 28 heavy (non-hydrogen) atoms. The van der Waals surface area contributed by atoms with Crippen molar-refractivity contribution in [3.63, 3.8) is 0 Å². The molecular weight excluding hydrogens is 392 g/mol. The van der Waals surface area contributed by atoms with Crippen LogP contribution >= 0.6 is 23.5 Å². The molecule has 0 radical (unpaired) electrons. The standard InChI is InChI=1S/C22H18O4S2/c1-4-21(24)27-18-12-8-17(9-13-18)26-20(23)14-7-16-5-10-19(11-6-16)28-22(25)15(2)3/h4-14H,1-2H2,3H3/b14-7+. The zero-order valence-corrected chi connectivity index (χ0v) is 16.8. The van der Waals surface area contributed by atoms with Crippen molar-refractivity contribution in [2.24, 2.45) is 0 Å². The van der Waals surface area contributed by atoms with Gasteiger partial charge in [0.25, 0.3) is 0 Å². The molecule has 2 rings (SSSR count). The quantitative estimate of drug-likeness (QED) is 0.267. The molecule has 0 saturated heterocycles. The molecule has 0 unspecified atom stereocenters. The van der Waals surface area contributed by atoms with Crippen molar-refractivity contribution in [1.82, 2.24) is 0 Å². The van der Waals surface area contributed by atoms with Gasteiger partial charge in [-0.05, 0) is 90.1 Å². The van der Waals surface area contributed by atoms with Gasteiger partial charge in [-0.1, -0.05) is 25.3 Å². The van der Waals surface area contributed by atoms with Crippen molar-refractivity contribution in [1.29, 1.82) is 0 Å². The molecule has 0 heterocycles. The highest BCUT2D eigenvalue weighted by molar-refractivity contribution is 8.14. The van der Waals surface area contributed by atoms with Gasteiger partial charge in [-0.15, -0.1) is 0 Å². The van der Waals surface area contributed by atoms with Gasteiger partial charge in [0.05, 0.1) is 0 Å². The first-order valence-electron chi connectivity index (χ1n) is 8.19. The normalized spacial score (nSPS) is 10.5. The van der Waals surface area contributed by atoms with E-state index >= 15 is 0 Å². The minimum absolute atomic E-state index is 0.0786. The zero-order valence-electron chi connectivity index (χ0n) is 15.2. The maximum absolute atomic E-state index is 11.9. The van der Waals surface area contributed by atoms with Gasteiger partial charge in [-0.3, -0.25) is 9.59 Å². The summed E-state index contributed by atoms with van der Waals surface area (Å²) in [5, 5.41) is -0.230. The van der Waals surface area contributed by atoms with Gasteiger partial charge in [0, 0.05) is 15.9 Å². The number of carbonyl (C=O) groups is 3. The molecule has 4 nitrogen and oxygen atoms in total. The van der Waals surface area contributed by atoms with Gasteiger partial charge in [-0.2, -0.15) is 0 Å². The van der Waals surface area contributed by atoms with Gasteiger partial charge in [-0.25, -0.2) is 4.79 Å². The van der Waals surface area contributed by atoms with Gasteiger partial charge in [0.15, 0.2) is 0 Å². The molecule has 0 spiro atoms. The molecule has 2 aromatic rings. The predicted octanol–water partition coefficient (Wildman–Crippen LogP) is 5.30. The summed E-state index contributed by atoms with van der Waals surface area (Å²) in [5.41, 5.74) is 1.30. The van der Waals surface area contributed by atoms with Crippen molar-refractivity contribution < 1.29 is 19.1 Å². The van der Waals surface area contributed by atoms with Crippen LogP contribution in [0.15, 0.2) is 89.2 Å². The van der Waals surface area contributed by atoms with Crippen LogP contribution < -0.4 is 4.74 Å². The lowest BCUT2D eigenvalue weighted by Crippen LogP contribution is -2.03. The smallest absolute Gasteiger partial charge is 0.336 e. The number of hydrogen-bond donors (Lipinski definition) is 0. The number of rotatable bonds is 7. The minimum atomic E-state index is -0.515. The zero-order chi connectivity index (χ0) is 20.5. The number of thioether (sulfide) groups is 2. The van der Waals surface area contributed by atoms with Crippen LogP contribution in [-0.2, 0) is 14.4 Å². The molecule has 142 valence electrons. The lowest BCUT2D eigenvalue weighted by molar-refractivity contribution is -0.128. The van der Waals surface area contributed by atoms with E-state index in [1.54, 1.807) is 61.5 Å². The van der Waals surface area contributed by atoms with Gasteiger partial charge in [0.1, 0.15) is 5.75 Å². The summed E-state index contributed by atoms with van der Waals surface area (Å²) in [4.78, 5) is 36.4. The molecule has 0 aliphatic heterocycles. The SMILES string of the molecule is C=CC(=O)Sc1ccc(OC(=O)/C=C/c2ccc(SC(=O)C(=C)C)cc2)cc1. The molecule has 0 N–H and O–H groups in total. The van der Waals surface area contributed by atoms with Gasteiger partial charge < -0.3 is 4.74 Å². The van der Waals surface area contributed by atoms with E-state index in [9.17, 15) is 14.4 Å². The van der Waals surface area contributed by atoms with E-state index in [2.05, 4.69) is 13.2 Å². The summed E-state index contributed by atoms with van der Waals surface area (Å²) in [6, 6.07) is 13.8. The Hall–Kier alpha value is -2.83. The Bertz CT molecular complexity index is 926. The van der Waals surface area contributed by atoms with E-state index in [0.29, 0.717) is 11.3 Å². The summed E-state index contributed by atoms with van der Waals surface area (Å²) in [6.45, 7) is 8.71. The van der Waals surface area contributed by atoms with E-state index < -0.39 is 5.97 Å². The van der Waals surface area contributed by atoms with Crippen LogP contribution in [0.4, 0.5) is 0 Å². The Balaban J connectivity index is 1.91. The Morgan fingerprint density at radius 1 is 0.929 bits per heavy atom. The third-order valence-electron chi connectivity index (χ3n) is 3.28. The topological polar surface area (TPSA) is 60.4 Å². The van der Waals surface area contributed by atoms with E-state index in [-0.39, 0.29) is 10.2 Å². The highest BCUT2D eigenvalue weighted by atomic mass is 32.2. The maximum Gasteiger partial charge on any atom is 0.336 e. The number of benzene rings is 2. The fourth-order valence-electron chi connectivity index (χ4n) is 1.89. The molecule has 0 bridgehead atoms. The Morgan fingerprint density at radius 3 is 2.07 bits per heavy atom. The van der Waals surface area contributed by atoms with Crippen molar-refractivity contribution in [2.75, 3.05) is 0 Å². The molecule has 6 heteroatoms. The van der Waals surface area contributed by atoms with Crippen LogP contribution in [0.3, 0.4) is 0 Å². The fourth-order valence-corrected chi connectivity index (χ4v) is 3.14. The van der Waals surface area contributed by atoms with E-state index in [4.69, 9.17) is 4.74 Å². The average molecular weight is 411 g/mol. The highest BCUT2D eigenvalue weighted by Crippen LogP contribution is 2.23. The minimum Gasteiger partial charge on any atom is -0.423 e. The summed E-state index contributed by atoms with van der Waals surface area (Å²) < 4.78 is 5.23. The monoisotopic (exact) mass is 410 g/mol. The first-order chi connectivity index (χ1) is 13.4. The van der Waals surface area contributed by atoms with Crippen molar-refractivity contribution in [2.45, 2.75) is 16.7 Å². The number of hydrogen-bond acceptors (Lipinski definition) is 6. The third kappa shape index (κ3) is 7.06.